The fourth-order valence-electron chi connectivity index (χ4n) is 1.71. The first-order valence-electron chi connectivity index (χ1n) is 7.20. The summed E-state index contributed by atoms with van der Waals surface area (Å²) in [5.74, 6) is 1.38. The van der Waals surface area contributed by atoms with Gasteiger partial charge in [-0.15, -0.1) is 0 Å². The average molecular weight is 274 g/mol. The van der Waals surface area contributed by atoms with Crippen LogP contribution in [-0.4, -0.2) is 13.2 Å². The molecule has 3 heteroatoms. The molecule has 0 saturated heterocycles. The minimum Gasteiger partial charge on any atom is -0.479 e. The molecule has 110 valence electrons. The zero-order valence-corrected chi connectivity index (χ0v) is 13.2. The third-order valence-electron chi connectivity index (χ3n) is 4.11. The molecule has 0 aliphatic heterocycles. The van der Waals surface area contributed by atoms with Crippen LogP contribution in [0.4, 0.5) is 0 Å². The Morgan fingerprint density at radius 1 is 1.20 bits per heavy atom. The van der Waals surface area contributed by atoms with Crippen molar-refractivity contribution in [2.24, 2.45) is 11.3 Å². The van der Waals surface area contributed by atoms with Crippen LogP contribution in [0.3, 0.4) is 0 Å². The summed E-state index contributed by atoms with van der Waals surface area (Å²) >= 11 is 0. The molecule has 0 heterocycles. The van der Waals surface area contributed by atoms with E-state index in [-0.39, 0.29) is 12.0 Å². The van der Waals surface area contributed by atoms with Crippen molar-refractivity contribution >= 4 is 0 Å². The van der Waals surface area contributed by atoms with Gasteiger partial charge >= 0.3 is 0 Å². The molecule has 0 spiro atoms. The van der Waals surface area contributed by atoms with Crippen molar-refractivity contribution < 1.29 is 4.74 Å². The molecule has 0 saturated carbocycles. The Morgan fingerprint density at radius 2 is 1.80 bits per heavy atom. The van der Waals surface area contributed by atoms with Crippen molar-refractivity contribution in [3.63, 3.8) is 0 Å². The van der Waals surface area contributed by atoms with Gasteiger partial charge in [-0.1, -0.05) is 39.8 Å². The fraction of sp³-hybridized carbons (Fsp3) is 0.588. The van der Waals surface area contributed by atoms with E-state index in [9.17, 15) is 0 Å². The minimum absolute atomic E-state index is 0.0930. The Bertz CT molecular complexity index is 443. The Hall–Kier alpha value is -1.53. The van der Waals surface area contributed by atoms with Crippen molar-refractivity contribution in [3.8, 4) is 11.8 Å². The zero-order chi connectivity index (χ0) is 15.2. The summed E-state index contributed by atoms with van der Waals surface area (Å²) in [5, 5.41) is 12.1. The molecule has 1 aromatic carbocycles. The number of benzene rings is 1. The van der Waals surface area contributed by atoms with E-state index in [4.69, 9.17) is 10.00 Å². The van der Waals surface area contributed by atoms with Gasteiger partial charge in [0.2, 0.25) is 0 Å². The van der Waals surface area contributed by atoms with Crippen molar-refractivity contribution in [1.29, 1.82) is 5.26 Å². The van der Waals surface area contributed by atoms with Crippen LogP contribution < -0.4 is 10.1 Å². The molecule has 0 fully saturated rings. The maximum Gasteiger partial charge on any atom is 0.174 e. The van der Waals surface area contributed by atoms with Crippen LogP contribution in [0.2, 0.25) is 0 Å². The average Bonchev–Trinajstić information content (AvgIpc) is 2.43. The normalized spacial score (nSPS) is 13.1. The predicted octanol–water partition coefficient (Wildman–Crippen LogP) is 3.92. The van der Waals surface area contributed by atoms with E-state index in [0.29, 0.717) is 12.0 Å². The Kier molecular flexibility index (Phi) is 6.04. The van der Waals surface area contributed by atoms with Crippen molar-refractivity contribution in [1.82, 2.24) is 5.32 Å². The summed E-state index contributed by atoms with van der Waals surface area (Å²) in [5.41, 5.74) is 1.51. The fourth-order valence-corrected chi connectivity index (χ4v) is 1.71. The molecule has 3 nitrogen and oxygen atoms in total. The Morgan fingerprint density at radius 3 is 2.30 bits per heavy atom. The van der Waals surface area contributed by atoms with E-state index in [1.54, 1.807) is 0 Å². The summed E-state index contributed by atoms with van der Waals surface area (Å²) in [4.78, 5) is 0. The van der Waals surface area contributed by atoms with E-state index in [2.05, 4.69) is 39.9 Å². The van der Waals surface area contributed by atoms with E-state index >= 15 is 0 Å². The van der Waals surface area contributed by atoms with Gasteiger partial charge in [0.15, 0.2) is 6.61 Å². The van der Waals surface area contributed by atoms with E-state index in [1.807, 2.05) is 30.3 Å². The van der Waals surface area contributed by atoms with Gasteiger partial charge in [0.1, 0.15) is 11.8 Å². The number of hydrogen-bond donors (Lipinski definition) is 1. The lowest BCUT2D eigenvalue weighted by atomic mass is 9.81. The maximum atomic E-state index is 8.48. The smallest absolute Gasteiger partial charge is 0.174 e. The first-order valence-corrected chi connectivity index (χ1v) is 7.20. The first kappa shape index (κ1) is 16.5. The third-order valence-corrected chi connectivity index (χ3v) is 4.11. The lowest BCUT2D eigenvalue weighted by molar-refractivity contribution is 0.230. The quantitative estimate of drug-likeness (QED) is 0.819. The molecule has 0 aromatic heterocycles. The van der Waals surface area contributed by atoms with Crippen molar-refractivity contribution in [3.05, 3.63) is 29.8 Å². The number of hydrogen-bond acceptors (Lipinski definition) is 3. The second-order valence-electron chi connectivity index (χ2n) is 6.26. The Labute approximate surface area is 123 Å². The van der Waals surface area contributed by atoms with Crippen molar-refractivity contribution in [2.75, 3.05) is 13.2 Å². The lowest BCUT2D eigenvalue weighted by Crippen LogP contribution is -2.34. The lowest BCUT2D eigenvalue weighted by Gasteiger charge is -2.31. The van der Waals surface area contributed by atoms with Crippen LogP contribution in [0, 0.1) is 22.7 Å². The van der Waals surface area contributed by atoms with Crippen LogP contribution in [0.1, 0.15) is 46.2 Å². The van der Waals surface area contributed by atoms with Crippen LogP contribution in [0.25, 0.3) is 0 Å². The van der Waals surface area contributed by atoms with E-state index in [0.717, 1.165) is 12.3 Å². The molecular weight excluding hydrogens is 248 g/mol. The number of nitrogens with zero attached hydrogens (tertiary/aromatic N) is 1. The van der Waals surface area contributed by atoms with Gasteiger partial charge < -0.3 is 10.1 Å². The molecule has 20 heavy (non-hydrogen) atoms. The standard InChI is InChI=1S/C17H26N2O/c1-13(2)17(4,5)12-19-14(3)15-6-8-16(9-7-15)20-11-10-18/h6-9,13-14,19H,11-12H2,1-5H3. The van der Waals surface area contributed by atoms with Crippen LogP contribution >= 0.6 is 0 Å². The molecule has 0 bridgehead atoms. The van der Waals surface area contributed by atoms with Gasteiger partial charge in [-0.25, -0.2) is 0 Å². The number of ether oxygens (including phenoxy) is 1. The molecule has 0 radical (unpaired) electrons. The van der Waals surface area contributed by atoms with Crippen LogP contribution in [0.5, 0.6) is 5.75 Å². The van der Waals surface area contributed by atoms with E-state index in [1.165, 1.54) is 5.56 Å². The predicted molar refractivity (Wildman–Crippen MR) is 82.6 cm³/mol. The summed E-state index contributed by atoms with van der Waals surface area (Å²) in [6.45, 7) is 12.3. The van der Waals surface area contributed by atoms with Gasteiger partial charge in [0.25, 0.3) is 0 Å². The molecule has 0 aliphatic rings. The molecule has 1 rings (SSSR count). The molecule has 1 atom stereocenters. The highest BCUT2D eigenvalue weighted by molar-refractivity contribution is 5.29. The molecule has 1 aromatic rings. The summed E-state index contributed by atoms with van der Waals surface area (Å²) in [6.07, 6.45) is 0. The molecule has 1 N–H and O–H groups in total. The molecular formula is C17H26N2O. The highest BCUT2D eigenvalue weighted by atomic mass is 16.5. The minimum atomic E-state index is 0.0930. The Balaban J connectivity index is 2.56. The van der Waals surface area contributed by atoms with Gasteiger partial charge in [-0.2, -0.15) is 5.26 Å². The summed E-state index contributed by atoms with van der Waals surface area (Å²) in [6, 6.07) is 10.2. The maximum absolute atomic E-state index is 8.48. The highest BCUT2D eigenvalue weighted by Gasteiger charge is 2.22. The number of nitriles is 1. The van der Waals surface area contributed by atoms with Gasteiger partial charge in [0.05, 0.1) is 0 Å². The van der Waals surface area contributed by atoms with Crippen LogP contribution in [-0.2, 0) is 0 Å². The SMILES string of the molecule is CC(NCC(C)(C)C(C)C)c1ccc(OCC#N)cc1. The van der Waals surface area contributed by atoms with Gasteiger partial charge in [-0.05, 0) is 36.0 Å². The van der Waals surface area contributed by atoms with Gasteiger partial charge in [-0.3, -0.25) is 0 Å². The molecule has 1 unspecified atom stereocenters. The second kappa shape index (κ2) is 7.31. The van der Waals surface area contributed by atoms with Crippen molar-refractivity contribution in [2.45, 2.75) is 40.7 Å². The summed E-state index contributed by atoms with van der Waals surface area (Å²) in [7, 11) is 0. The zero-order valence-electron chi connectivity index (χ0n) is 13.2. The monoisotopic (exact) mass is 274 g/mol. The molecule has 0 aliphatic carbocycles. The second-order valence-corrected chi connectivity index (χ2v) is 6.26. The molecule has 0 amide bonds. The van der Waals surface area contributed by atoms with E-state index < -0.39 is 0 Å². The first-order chi connectivity index (χ1) is 9.36. The largest absolute Gasteiger partial charge is 0.479 e. The van der Waals surface area contributed by atoms with Crippen LogP contribution in [0.15, 0.2) is 24.3 Å². The van der Waals surface area contributed by atoms with Gasteiger partial charge in [0, 0.05) is 12.6 Å². The number of nitrogens with one attached hydrogen (secondary N) is 1. The topological polar surface area (TPSA) is 45.0 Å². The summed E-state index contributed by atoms with van der Waals surface area (Å²) < 4.78 is 5.25. The number of rotatable bonds is 7. The highest BCUT2D eigenvalue weighted by Crippen LogP contribution is 2.26. The third kappa shape index (κ3) is 4.86.